The number of unbranched alkanes of at least 4 members (excludes halogenated alkanes) is 9. The number of hydrogen-bond donors (Lipinski definition) is 0. The van der Waals surface area contributed by atoms with Crippen LogP contribution < -0.4 is 0 Å². The molecule has 0 radical (unpaired) electrons. The number of methoxy groups -OCH3 is 1. The van der Waals surface area contributed by atoms with Gasteiger partial charge in [0.25, 0.3) is 0 Å². The van der Waals surface area contributed by atoms with Crippen molar-refractivity contribution in [3.05, 3.63) is 0 Å². The Morgan fingerprint density at radius 1 is 0.762 bits per heavy atom. The summed E-state index contributed by atoms with van der Waals surface area (Å²) in [5, 5.41) is 0. The summed E-state index contributed by atoms with van der Waals surface area (Å²) in [6, 6.07) is 0. The lowest BCUT2D eigenvalue weighted by Gasteiger charge is -2.06. The number of carbonyl (C=O) groups is 1. The van der Waals surface area contributed by atoms with Crippen molar-refractivity contribution in [1.29, 1.82) is 0 Å². The molecular formula is C17H34O4. The highest BCUT2D eigenvalue weighted by Gasteiger charge is 2.02. The summed E-state index contributed by atoms with van der Waals surface area (Å²) in [7, 11) is 1.60. The molecule has 0 saturated heterocycles. The van der Waals surface area contributed by atoms with E-state index in [-0.39, 0.29) is 12.6 Å². The van der Waals surface area contributed by atoms with E-state index in [9.17, 15) is 4.79 Å². The van der Waals surface area contributed by atoms with Crippen LogP contribution in [0.2, 0.25) is 0 Å². The third-order valence-corrected chi connectivity index (χ3v) is 3.41. The van der Waals surface area contributed by atoms with Crippen molar-refractivity contribution in [2.24, 2.45) is 0 Å². The number of rotatable bonds is 16. The van der Waals surface area contributed by atoms with E-state index in [1.807, 2.05) is 0 Å². The minimum atomic E-state index is -0.276. The van der Waals surface area contributed by atoms with Gasteiger partial charge in [0.1, 0.15) is 6.61 Å². The molecule has 0 aromatic carbocycles. The lowest BCUT2D eigenvalue weighted by Crippen LogP contribution is -2.15. The van der Waals surface area contributed by atoms with Crippen molar-refractivity contribution >= 4 is 5.97 Å². The molecule has 0 bridgehead atoms. The summed E-state index contributed by atoms with van der Waals surface area (Å²) in [5.74, 6) is -0.276. The van der Waals surface area contributed by atoms with Crippen LogP contribution in [0.4, 0.5) is 0 Å². The van der Waals surface area contributed by atoms with Gasteiger partial charge in [0.15, 0.2) is 0 Å². The Labute approximate surface area is 130 Å². The number of esters is 1. The molecule has 0 unspecified atom stereocenters. The smallest absolute Gasteiger partial charge is 0.332 e. The number of hydrogen-bond acceptors (Lipinski definition) is 4. The van der Waals surface area contributed by atoms with Gasteiger partial charge in [0.2, 0.25) is 0 Å². The second kappa shape index (κ2) is 17.4. The highest BCUT2D eigenvalue weighted by Crippen LogP contribution is 2.10. The molecule has 0 fully saturated rings. The van der Waals surface area contributed by atoms with Gasteiger partial charge in [-0.15, -0.1) is 0 Å². The molecule has 4 heteroatoms. The topological polar surface area (TPSA) is 44.8 Å². The fourth-order valence-corrected chi connectivity index (χ4v) is 2.11. The van der Waals surface area contributed by atoms with Crippen LogP contribution in [0.3, 0.4) is 0 Å². The van der Waals surface area contributed by atoms with E-state index >= 15 is 0 Å². The van der Waals surface area contributed by atoms with Crippen LogP contribution in [-0.4, -0.2) is 39.5 Å². The van der Waals surface area contributed by atoms with E-state index in [0.29, 0.717) is 19.8 Å². The van der Waals surface area contributed by atoms with Gasteiger partial charge >= 0.3 is 5.97 Å². The van der Waals surface area contributed by atoms with E-state index in [2.05, 4.69) is 6.92 Å². The molecule has 0 aliphatic carbocycles. The van der Waals surface area contributed by atoms with Crippen LogP contribution in [0.15, 0.2) is 0 Å². The fourth-order valence-electron chi connectivity index (χ4n) is 2.11. The Balaban J connectivity index is 3.09. The molecule has 0 aromatic rings. The van der Waals surface area contributed by atoms with E-state index < -0.39 is 0 Å². The molecule has 0 aromatic heterocycles. The SMILES string of the molecule is CCCCCCCCCCCCOC(=O)COCCOC. The second-order valence-corrected chi connectivity index (χ2v) is 5.45. The molecular weight excluding hydrogens is 268 g/mol. The summed E-state index contributed by atoms with van der Waals surface area (Å²) < 4.78 is 15.0. The maximum absolute atomic E-state index is 11.3. The standard InChI is InChI=1S/C17H34O4/c1-3-4-5-6-7-8-9-10-11-12-13-21-17(18)16-20-15-14-19-2/h3-16H2,1-2H3. The maximum Gasteiger partial charge on any atom is 0.332 e. The average Bonchev–Trinajstić information content (AvgIpc) is 2.49. The molecule has 0 aliphatic rings. The van der Waals surface area contributed by atoms with Crippen LogP contribution in [-0.2, 0) is 19.0 Å². The number of carbonyl (C=O) groups excluding carboxylic acids is 1. The summed E-state index contributed by atoms with van der Waals surface area (Å²) in [6.45, 7) is 3.73. The molecule has 0 saturated carbocycles. The first kappa shape index (κ1) is 20.4. The molecule has 0 heterocycles. The minimum Gasteiger partial charge on any atom is -0.464 e. The normalized spacial score (nSPS) is 10.8. The van der Waals surface area contributed by atoms with Gasteiger partial charge < -0.3 is 14.2 Å². The molecule has 21 heavy (non-hydrogen) atoms. The molecule has 0 rings (SSSR count). The third kappa shape index (κ3) is 17.3. The van der Waals surface area contributed by atoms with E-state index in [1.54, 1.807) is 7.11 Å². The van der Waals surface area contributed by atoms with E-state index in [4.69, 9.17) is 14.2 Å². The Hall–Kier alpha value is -0.610. The highest BCUT2D eigenvalue weighted by molar-refractivity contribution is 5.70. The first-order valence-corrected chi connectivity index (χ1v) is 8.53. The van der Waals surface area contributed by atoms with Gasteiger partial charge in [0, 0.05) is 7.11 Å². The van der Waals surface area contributed by atoms with Crippen molar-refractivity contribution in [2.45, 2.75) is 71.1 Å². The maximum atomic E-state index is 11.3. The van der Waals surface area contributed by atoms with Gasteiger partial charge in [-0.2, -0.15) is 0 Å². The number of ether oxygens (including phenoxy) is 3. The Morgan fingerprint density at radius 2 is 1.33 bits per heavy atom. The third-order valence-electron chi connectivity index (χ3n) is 3.41. The minimum absolute atomic E-state index is 0.0289. The van der Waals surface area contributed by atoms with E-state index in [1.165, 1.54) is 51.4 Å². The Bertz CT molecular complexity index is 219. The van der Waals surface area contributed by atoms with Gasteiger partial charge in [-0.1, -0.05) is 64.7 Å². The summed E-state index contributed by atoms with van der Waals surface area (Å²) >= 11 is 0. The van der Waals surface area contributed by atoms with Gasteiger partial charge in [-0.05, 0) is 6.42 Å². The quantitative estimate of drug-likeness (QED) is 0.318. The zero-order valence-corrected chi connectivity index (χ0v) is 14.0. The van der Waals surface area contributed by atoms with Crippen molar-refractivity contribution in [3.8, 4) is 0 Å². The molecule has 0 amide bonds. The lowest BCUT2D eigenvalue weighted by molar-refractivity contribution is -0.149. The van der Waals surface area contributed by atoms with Gasteiger partial charge in [0.05, 0.1) is 19.8 Å². The lowest BCUT2D eigenvalue weighted by atomic mass is 10.1. The predicted molar refractivity (Wildman–Crippen MR) is 85.5 cm³/mol. The Morgan fingerprint density at radius 3 is 1.90 bits per heavy atom. The van der Waals surface area contributed by atoms with Crippen LogP contribution in [0.5, 0.6) is 0 Å². The van der Waals surface area contributed by atoms with Crippen molar-refractivity contribution in [2.75, 3.05) is 33.5 Å². The molecule has 0 aliphatic heterocycles. The highest BCUT2D eigenvalue weighted by atomic mass is 16.6. The molecule has 126 valence electrons. The molecule has 0 N–H and O–H groups in total. The summed E-state index contributed by atoms with van der Waals surface area (Å²) in [4.78, 5) is 11.3. The predicted octanol–water partition coefficient (Wildman–Crippen LogP) is 4.11. The van der Waals surface area contributed by atoms with Crippen LogP contribution in [0.25, 0.3) is 0 Å². The molecule has 0 atom stereocenters. The fraction of sp³-hybridized carbons (Fsp3) is 0.941. The zero-order chi connectivity index (χ0) is 15.6. The van der Waals surface area contributed by atoms with Crippen LogP contribution in [0.1, 0.15) is 71.1 Å². The van der Waals surface area contributed by atoms with Crippen molar-refractivity contribution < 1.29 is 19.0 Å². The Kier molecular flexibility index (Phi) is 16.9. The zero-order valence-electron chi connectivity index (χ0n) is 14.0. The molecule has 0 spiro atoms. The van der Waals surface area contributed by atoms with Crippen molar-refractivity contribution in [3.63, 3.8) is 0 Å². The van der Waals surface area contributed by atoms with E-state index in [0.717, 1.165) is 12.8 Å². The van der Waals surface area contributed by atoms with Crippen molar-refractivity contribution in [1.82, 2.24) is 0 Å². The first-order valence-electron chi connectivity index (χ1n) is 8.53. The summed E-state index contributed by atoms with van der Waals surface area (Å²) in [6.07, 6.45) is 12.8. The van der Waals surface area contributed by atoms with Gasteiger partial charge in [-0.3, -0.25) is 0 Å². The largest absolute Gasteiger partial charge is 0.464 e. The average molecular weight is 302 g/mol. The monoisotopic (exact) mass is 302 g/mol. The van der Waals surface area contributed by atoms with Crippen LogP contribution in [0, 0.1) is 0 Å². The molecule has 4 nitrogen and oxygen atoms in total. The first-order chi connectivity index (χ1) is 10.3. The van der Waals surface area contributed by atoms with Crippen LogP contribution >= 0.6 is 0 Å². The summed E-state index contributed by atoms with van der Waals surface area (Å²) in [5.41, 5.74) is 0. The van der Waals surface area contributed by atoms with Gasteiger partial charge in [-0.25, -0.2) is 4.79 Å². The second-order valence-electron chi connectivity index (χ2n) is 5.45.